The molecule has 14 heteroatoms. The molecule has 0 saturated carbocycles. The van der Waals surface area contributed by atoms with Gasteiger partial charge in [0.15, 0.2) is 22.5 Å². The summed E-state index contributed by atoms with van der Waals surface area (Å²) in [4.78, 5) is 61.0. The summed E-state index contributed by atoms with van der Waals surface area (Å²) >= 11 is 2.28. The van der Waals surface area contributed by atoms with E-state index in [1.54, 1.807) is 36.4 Å². The Kier molecular flexibility index (Phi) is 8.11. The van der Waals surface area contributed by atoms with E-state index < -0.39 is 35.8 Å². The third-order valence-corrected chi connectivity index (χ3v) is 8.44. The number of epoxide rings is 1. The maximum atomic E-state index is 13.6. The number of amides is 3. The van der Waals surface area contributed by atoms with Crippen LogP contribution in [0, 0.1) is 5.82 Å². The van der Waals surface area contributed by atoms with Crippen LogP contribution in [0.15, 0.2) is 79.0 Å². The third-order valence-electron chi connectivity index (χ3n) is 6.59. The maximum absolute atomic E-state index is 13.6. The second-order valence-electron chi connectivity index (χ2n) is 9.53. The number of para-hydroxylation sites is 1. The number of rotatable bonds is 9. The van der Waals surface area contributed by atoms with E-state index in [2.05, 4.69) is 25.3 Å². The number of esters is 1. The van der Waals surface area contributed by atoms with Crippen molar-refractivity contribution in [3.63, 3.8) is 0 Å². The number of carbonyl (C=O) groups excluding carboxylic acids is 4. The van der Waals surface area contributed by atoms with Crippen LogP contribution in [0.3, 0.4) is 0 Å². The molecular formula is C30H22FN5O6S2. The molecule has 2 N–H and O–H groups in total. The van der Waals surface area contributed by atoms with Crippen LogP contribution < -0.4 is 15.5 Å². The highest BCUT2D eigenvalue weighted by Crippen LogP contribution is 2.31. The molecular weight excluding hydrogens is 609 g/mol. The van der Waals surface area contributed by atoms with E-state index in [1.807, 2.05) is 24.3 Å². The topological polar surface area (TPSA) is 143 Å². The SMILES string of the molecule is COC(=O)c1cnc(NC(=O)C2OC2C(=O)N(Cc2ccc(F)cc2)c2ccc(C(=O)Nc3nc4ccccc4s3)cc2)s1. The number of carbonyl (C=O) groups is 4. The molecule has 0 bridgehead atoms. The smallest absolute Gasteiger partial charge is 0.349 e. The molecule has 222 valence electrons. The molecule has 1 fully saturated rings. The number of aromatic nitrogens is 2. The number of nitrogens with one attached hydrogen (secondary N) is 2. The summed E-state index contributed by atoms with van der Waals surface area (Å²) in [5.41, 5.74) is 2.20. The van der Waals surface area contributed by atoms with E-state index >= 15 is 0 Å². The lowest BCUT2D eigenvalue weighted by Crippen LogP contribution is -2.36. The van der Waals surface area contributed by atoms with Crippen LogP contribution in [-0.2, 0) is 25.6 Å². The number of thiazole rings is 2. The van der Waals surface area contributed by atoms with Crippen molar-refractivity contribution in [2.45, 2.75) is 18.8 Å². The zero-order valence-corrected chi connectivity index (χ0v) is 24.5. The minimum Gasteiger partial charge on any atom is -0.465 e. The van der Waals surface area contributed by atoms with Gasteiger partial charge in [0.1, 0.15) is 10.7 Å². The van der Waals surface area contributed by atoms with E-state index in [-0.39, 0.29) is 22.5 Å². The van der Waals surface area contributed by atoms with Gasteiger partial charge in [-0.1, -0.05) is 46.9 Å². The van der Waals surface area contributed by atoms with Gasteiger partial charge in [0.2, 0.25) is 0 Å². The average Bonchev–Trinajstić information content (AvgIpc) is 3.53. The van der Waals surface area contributed by atoms with Gasteiger partial charge in [-0.05, 0) is 54.1 Å². The van der Waals surface area contributed by atoms with Gasteiger partial charge in [-0.2, -0.15) is 0 Å². The number of nitrogens with zero attached hydrogens (tertiary/aromatic N) is 3. The average molecular weight is 632 g/mol. The van der Waals surface area contributed by atoms with Crippen molar-refractivity contribution in [3.05, 3.63) is 101 Å². The lowest BCUT2D eigenvalue weighted by Gasteiger charge is -2.23. The van der Waals surface area contributed by atoms with Gasteiger partial charge in [0.25, 0.3) is 17.7 Å². The molecule has 3 heterocycles. The van der Waals surface area contributed by atoms with Crippen molar-refractivity contribution in [2.75, 3.05) is 22.6 Å². The summed E-state index contributed by atoms with van der Waals surface area (Å²) in [5, 5.41) is 5.96. The van der Waals surface area contributed by atoms with Crippen molar-refractivity contribution in [1.82, 2.24) is 9.97 Å². The normalized spacial score (nSPS) is 15.4. The monoisotopic (exact) mass is 631 g/mol. The Hall–Kier alpha value is -5.05. The highest BCUT2D eigenvalue weighted by Gasteiger charge is 2.52. The van der Waals surface area contributed by atoms with Gasteiger partial charge in [-0.15, -0.1) is 0 Å². The fraction of sp³-hybridized carbons (Fsp3) is 0.133. The zero-order valence-electron chi connectivity index (χ0n) is 22.9. The van der Waals surface area contributed by atoms with Crippen LogP contribution >= 0.6 is 22.7 Å². The maximum Gasteiger partial charge on any atom is 0.349 e. The van der Waals surface area contributed by atoms with Crippen LogP contribution in [0.4, 0.5) is 20.3 Å². The van der Waals surface area contributed by atoms with Gasteiger partial charge < -0.3 is 14.4 Å². The van der Waals surface area contributed by atoms with E-state index in [4.69, 9.17) is 4.74 Å². The van der Waals surface area contributed by atoms with Crippen molar-refractivity contribution < 1.29 is 33.0 Å². The Morgan fingerprint density at radius 2 is 1.68 bits per heavy atom. The third kappa shape index (κ3) is 6.32. The highest BCUT2D eigenvalue weighted by atomic mass is 32.1. The van der Waals surface area contributed by atoms with Crippen LogP contribution in [0.25, 0.3) is 10.2 Å². The molecule has 11 nitrogen and oxygen atoms in total. The molecule has 44 heavy (non-hydrogen) atoms. The van der Waals surface area contributed by atoms with Gasteiger partial charge >= 0.3 is 5.97 Å². The number of benzene rings is 3. The highest BCUT2D eigenvalue weighted by molar-refractivity contribution is 7.22. The first-order valence-corrected chi connectivity index (χ1v) is 14.8. The molecule has 2 aromatic heterocycles. The second kappa shape index (κ2) is 12.3. The predicted octanol–water partition coefficient (Wildman–Crippen LogP) is 4.87. The first-order valence-electron chi connectivity index (χ1n) is 13.1. The van der Waals surface area contributed by atoms with Crippen molar-refractivity contribution in [3.8, 4) is 0 Å². The predicted molar refractivity (Wildman–Crippen MR) is 162 cm³/mol. The minimum absolute atomic E-state index is 0.0551. The summed E-state index contributed by atoms with van der Waals surface area (Å²) in [6, 6.07) is 19.6. The fourth-order valence-corrected chi connectivity index (χ4v) is 5.91. The Balaban J connectivity index is 1.16. The lowest BCUT2D eigenvalue weighted by molar-refractivity contribution is -0.120. The summed E-state index contributed by atoms with van der Waals surface area (Å²) < 4.78 is 24.6. The number of ether oxygens (including phenoxy) is 2. The number of fused-ring (bicyclic) bond motifs is 1. The Morgan fingerprint density at radius 1 is 0.932 bits per heavy atom. The van der Waals surface area contributed by atoms with Crippen molar-refractivity contribution in [1.29, 1.82) is 0 Å². The first kappa shape index (κ1) is 29.0. The van der Waals surface area contributed by atoms with Gasteiger partial charge in [0.05, 0.1) is 30.1 Å². The number of halogens is 1. The molecule has 3 aromatic carbocycles. The molecule has 1 aliphatic heterocycles. The standard InChI is InChI=1S/C30H22FN5O6S2/c1-41-28(40)22-14-32-29(44-22)35-26(38)23-24(42-23)27(39)36(15-16-6-10-18(31)11-7-16)19-12-8-17(9-13-19)25(37)34-30-33-20-4-2-3-5-21(20)43-30/h2-14,23-24H,15H2,1H3,(H,32,35,38)(H,33,34,37). The largest absolute Gasteiger partial charge is 0.465 e. The lowest BCUT2D eigenvalue weighted by atomic mass is 10.1. The molecule has 3 amide bonds. The number of anilines is 3. The van der Waals surface area contributed by atoms with Gasteiger partial charge in [-0.3, -0.25) is 25.0 Å². The number of hydrogen-bond acceptors (Lipinski definition) is 10. The summed E-state index contributed by atoms with van der Waals surface area (Å²) in [5.74, 6) is -2.48. The fourth-order valence-electron chi connectivity index (χ4n) is 4.31. The molecule has 2 atom stereocenters. The molecule has 1 aliphatic rings. The molecule has 1 saturated heterocycles. The minimum atomic E-state index is -1.09. The van der Waals surface area contributed by atoms with Gasteiger partial charge in [0, 0.05) is 11.3 Å². The van der Waals surface area contributed by atoms with Crippen LogP contribution in [0.2, 0.25) is 0 Å². The Labute approximate surface area is 257 Å². The Bertz CT molecular complexity index is 1840. The summed E-state index contributed by atoms with van der Waals surface area (Å²) in [7, 11) is 1.23. The number of hydrogen-bond donors (Lipinski definition) is 2. The van der Waals surface area contributed by atoms with Gasteiger partial charge in [-0.25, -0.2) is 19.2 Å². The van der Waals surface area contributed by atoms with Crippen LogP contribution in [0.1, 0.15) is 25.6 Å². The summed E-state index contributed by atoms with van der Waals surface area (Å²) in [6.45, 7) is 0.0551. The second-order valence-corrected chi connectivity index (χ2v) is 11.6. The van der Waals surface area contributed by atoms with E-state index in [9.17, 15) is 23.6 Å². The molecule has 0 spiro atoms. The molecule has 5 aromatic rings. The number of methoxy groups -OCH3 is 1. The van der Waals surface area contributed by atoms with Crippen LogP contribution in [-0.4, -0.2) is 53.0 Å². The van der Waals surface area contributed by atoms with Crippen molar-refractivity contribution in [2.24, 2.45) is 0 Å². The van der Waals surface area contributed by atoms with E-state index in [1.165, 1.54) is 41.7 Å². The molecule has 6 rings (SSSR count). The first-order chi connectivity index (χ1) is 21.3. The van der Waals surface area contributed by atoms with Crippen LogP contribution in [0.5, 0.6) is 0 Å². The molecule has 0 aliphatic carbocycles. The van der Waals surface area contributed by atoms with E-state index in [0.717, 1.165) is 21.6 Å². The van der Waals surface area contributed by atoms with E-state index in [0.29, 0.717) is 21.9 Å². The summed E-state index contributed by atoms with van der Waals surface area (Å²) in [6.07, 6.45) is -0.893. The Morgan fingerprint density at radius 3 is 2.41 bits per heavy atom. The quantitative estimate of drug-likeness (QED) is 0.173. The van der Waals surface area contributed by atoms with Crippen molar-refractivity contribution >= 4 is 72.5 Å². The molecule has 2 unspecified atom stereocenters. The molecule has 0 radical (unpaired) electrons. The zero-order chi connectivity index (χ0) is 30.8.